The van der Waals surface area contributed by atoms with Crippen molar-refractivity contribution in [1.29, 1.82) is 0 Å². The van der Waals surface area contributed by atoms with Gasteiger partial charge in [0.1, 0.15) is 0 Å². The van der Waals surface area contributed by atoms with E-state index in [1.165, 1.54) is 32.4 Å². The Morgan fingerprint density at radius 2 is 2.33 bits per heavy atom. The van der Waals surface area contributed by atoms with Gasteiger partial charge in [0, 0.05) is 18.6 Å². The van der Waals surface area contributed by atoms with Crippen molar-refractivity contribution >= 4 is 0 Å². The van der Waals surface area contributed by atoms with Crippen molar-refractivity contribution in [2.45, 2.75) is 38.3 Å². The zero-order valence-corrected chi connectivity index (χ0v) is 8.21. The van der Waals surface area contributed by atoms with Gasteiger partial charge in [0.15, 0.2) is 0 Å². The summed E-state index contributed by atoms with van der Waals surface area (Å²) >= 11 is 0. The smallest absolute Gasteiger partial charge is 0.0209 e. The quantitative estimate of drug-likeness (QED) is 0.678. The van der Waals surface area contributed by atoms with Crippen molar-refractivity contribution < 1.29 is 0 Å². The van der Waals surface area contributed by atoms with Crippen LogP contribution in [0.2, 0.25) is 0 Å². The number of hydrogen-bond donors (Lipinski definition) is 1. The fourth-order valence-corrected chi connectivity index (χ4v) is 2.28. The summed E-state index contributed by atoms with van der Waals surface area (Å²) < 4.78 is 0. The molecule has 1 aliphatic carbocycles. The summed E-state index contributed by atoms with van der Waals surface area (Å²) in [6.07, 6.45) is 4.14. The normalized spacial score (nSPS) is 42.0. The summed E-state index contributed by atoms with van der Waals surface area (Å²) in [6, 6.07) is 1.66. The lowest BCUT2D eigenvalue weighted by atomic mass is 10.2. The van der Waals surface area contributed by atoms with Crippen LogP contribution >= 0.6 is 0 Å². The van der Waals surface area contributed by atoms with E-state index in [4.69, 9.17) is 0 Å². The number of hydrogen-bond acceptors (Lipinski definition) is 2. The molecule has 0 spiro atoms. The summed E-state index contributed by atoms with van der Waals surface area (Å²) in [4.78, 5) is 2.42. The standard InChI is InChI=1S/C10H20N2/c1-3-8-6-10(8)11-9-4-5-12(2)7-9/h8-11H,3-7H2,1-2H3. The number of nitrogens with one attached hydrogen (secondary N) is 1. The zero-order valence-electron chi connectivity index (χ0n) is 8.21. The van der Waals surface area contributed by atoms with Gasteiger partial charge in [-0.15, -0.1) is 0 Å². The van der Waals surface area contributed by atoms with Crippen LogP contribution in [0.25, 0.3) is 0 Å². The Bertz CT molecular complexity index is 158. The van der Waals surface area contributed by atoms with E-state index in [0.717, 1.165) is 18.0 Å². The molecule has 12 heavy (non-hydrogen) atoms. The highest BCUT2D eigenvalue weighted by atomic mass is 15.2. The van der Waals surface area contributed by atoms with E-state index in [-0.39, 0.29) is 0 Å². The first-order valence-corrected chi connectivity index (χ1v) is 5.24. The van der Waals surface area contributed by atoms with E-state index in [1.807, 2.05) is 0 Å². The number of nitrogens with zero attached hydrogens (tertiary/aromatic N) is 1. The predicted octanol–water partition coefficient (Wildman–Crippen LogP) is 1.08. The summed E-state index contributed by atoms with van der Waals surface area (Å²) in [5, 5.41) is 3.74. The lowest BCUT2D eigenvalue weighted by Gasteiger charge is -2.12. The SMILES string of the molecule is CCC1CC1NC1CCN(C)C1. The van der Waals surface area contributed by atoms with E-state index in [0.29, 0.717) is 0 Å². The molecular weight excluding hydrogens is 148 g/mol. The number of likely N-dealkylation sites (tertiary alicyclic amines) is 1. The van der Waals surface area contributed by atoms with E-state index >= 15 is 0 Å². The van der Waals surface area contributed by atoms with Gasteiger partial charge in [-0.25, -0.2) is 0 Å². The molecule has 2 fully saturated rings. The second kappa shape index (κ2) is 3.35. The van der Waals surface area contributed by atoms with Gasteiger partial charge in [-0.05, 0) is 32.4 Å². The van der Waals surface area contributed by atoms with Gasteiger partial charge >= 0.3 is 0 Å². The fraction of sp³-hybridized carbons (Fsp3) is 1.00. The molecule has 2 rings (SSSR count). The van der Waals surface area contributed by atoms with E-state index in [1.54, 1.807) is 0 Å². The molecule has 3 unspecified atom stereocenters. The highest BCUT2D eigenvalue weighted by molar-refractivity contribution is 4.95. The van der Waals surface area contributed by atoms with Gasteiger partial charge in [0.05, 0.1) is 0 Å². The van der Waals surface area contributed by atoms with Crippen LogP contribution in [-0.4, -0.2) is 37.1 Å². The molecule has 0 bridgehead atoms. The van der Waals surface area contributed by atoms with Gasteiger partial charge in [-0.2, -0.15) is 0 Å². The average molecular weight is 168 g/mol. The lowest BCUT2D eigenvalue weighted by Crippen LogP contribution is -2.33. The highest BCUT2D eigenvalue weighted by Crippen LogP contribution is 2.34. The Balaban J connectivity index is 1.68. The Labute approximate surface area is 75.3 Å². The van der Waals surface area contributed by atoms with Crippen molar-refractivity contribution in [3.05, 3.63) is 0 Å². The zero-order chi connectivity index (χ0) is 8.55. The molecule has 0 aromatic heterocycles. The molecule has 1 aliphatic heterocycles. The molecule has 2 heteroatoms. The van der Waals surface area contributed by atoms with Gasteiger partial charge in [-0.1, -0.05) is 13.3 Å². The number of rotatable bonds is 3. The first-order chi connectivity index (χ1) is 5.79. The largest absolute Gasteiger partial charge is 0.310 e. The Kier molecular flexibility index (Phi) is 2.37. The van der Waals surface area contributed by atoms with Crippen LogP contribution in [0.15, 0.2) is 0 Å². The molecular formula is C10H20N2. The lowest BCUT2D eigenvalue weighted by molar-refractivity contribution is 0.395. The molecule has 2 aliphatic rings. The maximum absolute atomic E-state index is 3.74. The predicted molar refractivity (Wildman–Crippen MR) is 51.2 cm³/mol. The van der Waals surface area contributed by atoms with Crippen molar-refractivity contribution in [3.63, 3.8) is 0 Å². The van der Waals surface area contributed by atoms with Crippen molar-refractivity contribution in [2.24, 2.45) is 5.92 Å². The van der Waals surface area contributed by atoms with Crippen molar-refractivity contribution in [2.75, 3.05) is 20.1 Å². The third kappa shape index (κ3) is 1.80. The molecule has 2 nitrogen and oxygen atoms in total. The maximum atomic E-state index is 3.74. The molecule has 3 atom stereocenters. The second-order valence-electron chi connectivity index (χ2n) is 4.43. The van der Waals surface area contributed by atoms with E-state index in [9.17, 15) is 0 Å². The van der Waals surface area contributed by atoms with Crippen LogP contribution < -0.4 is 5.32 Å². The van der Waals surface area contributed by atoms with Crippen molar-refractivity contribution in [3.8, 4) is 0 Å². The summed E-state index contributed by atoms with van der Waals surface area (Å²) in [6.45, 7) is 4.83. The van der Waals surface area contributed by atoms with Crippen LogP contribution in [0.5, 0.6) is 0 Å². The van der Waals surface area contributed by atoms with Crippen LogP contribution in [0.1, 0.15) is 26.2 Å². The molecule has 1 heterocycles. The third-order valence-electron chi connectivity index (χ3n) is 3.29. The van der Waals surface area contributed by atoms with E-state index < -0.39 is 0 Å². The molecule has 0 aromatic carbocycles. The molecule has 0 radical (unpaired) electrons. The van der Waals surface area contributed by atoms with E-state index in [2.05, 4.69) is 24.2 Å². The summed E-state index contributed by atoms with van der Waals surface area (Å²) in [7, 11) is 2.21. The van der Waals surface area contributed by atoms with Crippen molar-refractivity contribution in [1.82, 2.24) is 10.2 Å². The van der Waals surface area contributed by atoms with Gasteiger partial charge in [0.25, 0.3) is 0 Å². The number of likely N-dealkylation sites (N-methyl/N-ethyl adjacent to an activating group) is 1. The monoisotopic (exact) mass is 168 g/mol. The second-order valence-corrected chi connectivity index (χ2v) is 4.43. The topological polar surface area (TPSA) is 15.3 Å². The van der Waals surface area contributed by atoms with Gasteiger partial charge < -0.3 is 10.2 Å². The summed E-state index contributed by atoms with van der Waals surface area (Å²) in [5.74, 6) is 0.996. The Morgan fingerprint density at radius 1 is 1.50 bits per heavy atom. The van der Waals surface area contributed by atoms with Gasteiger partial charge in [0.2, 0.25) is 0 Å². The highest BCUT2D eigenvalue weighted by Gasteiger charge is 2.37. The van der Waals surface area contributed by atoms with Crippen LogP contribution in [-0.2, 0) is 0 Å². The molecule has 70 valence electrons. The average Bonchev–Trinajstić information content (AvgIpc) is 2.67. The van der Waals surface area contributed by atoms with Crippen LogP contribution in [0.3, 0.4) is 0 Å². The minimum atomic E-state index is 0.788. The summed E-state index contributed by atoms with van der Waals surface area (Å²) in [5.41, 5.74) is 0. The minimum Gasteiger partial charge on any atom is -0.310 e. The third-order valence-corrected chi connectivity index (χ3v) is 3.29. The first kappa shape index (κ1) is 8.52. The molecule has 0 aromatic rings. The van der Waals surface area contributed by atoms with Crippen LogP contribution in [0.4, 0.5) is 0 Å². The molecule has 1 saturated carbocycles. The van der Waals surface area contributed by atoms with Crippen LogP contribution in [0, 0.1) is 5.92 Å². The molecule has 1 N–H and O–H groups in total. The van der Waals surface area contributed by atoms with Gasteiger partial charge in [-0.3, -0.25) is 0 Å². The minimum absolute atomic E-state index is 0.788. The fourth-order valence-electron chi connectivity index (χ4n) is 2.28. The Hall–Kier alpha value is -0.0800. The molecule has 1 saturated heterocycles. The first-order valence-electron chi connectivity index (χ1n) is 5.24. The Morgan fingerprint density at radius 3 is 2.83 bits per heavy atom. The molecule has 0 amide bonds. The maximum Gasteiger partial charge on any atom is 0.0209 e.